The predicted octanol–water partition coefficient (Wildman–Crippen LogP) is -0.601. The second-order valence-electron chi connectivity index (χ2n) is 2.83. The summed E-state index contributed by atoms with van der Waals surface area (Å²) >= 11 is 0. The van der Waals surface area contributed by atoms with Crippen molar-refractivity contribution in [2.45, 2.75) is 12.8 Å². The Labute approximate surface area is 64.8 Å². The van der Waals surface area contributed by atoms with Gasteiger partial charge in [0, 0.05) is 6.54 Å². The standard InChI is InChI=1S/C7H10N2O2/c8-4-7(1-2-7)5-9-6(11)3-10/h10H,1-3,5H2,(H,9,11). The monoisotopic (exact) mass is 154 g/mol. The molecule has 0 aliphatic heterocycles. The van der Waals surface area contributed by atoms with Crippen LogP contribution in [0.2, 0.25) is 0 Å². The van der Waals surface area contributed by atoms with Crippen molar-refractivity contribution in [2.75, 3.05) is 13.2 Å². The van der Waals surface area contributed by atoms with Gasteiger partial charge in [-0.1, -0.05) is 0 Å². The van der Waals surface area contributed by atoms with Crippen LogP contribution in [0.25, 0.3) is 0 Å². The van der Waals surface area contributed by atoms with Crippen LogP contribution in [0, 0.1) is 16.7 Å². The summed E-state index contributed by atoms with van der Waals surface area (Å²) in [7, 11) is 0. The first-order valence-electron chi connectivity index (χ1n) is 3.51. The van der Waals surface area contributed by atoms with E-state index in [0.717, 1.165) is 12.8 Å². The maximum atomic E-state index is 10.5. The van der Waals surface area contributed by atoms with Crippen molar-refractivity contribution in [3.8, 4) is 6.07 Å². The minimum absolute atomic E-state index is 0.315. The number of aliphatic hydroxyl groups is 1. The molecule has 60 valence electrons. The van der Waals surface area contributed by atoms with Gasteiger partial charge in [-0.15, -0.1) is 0 Å². The van der Waals surface area contributed by atoms with Gasteiger partial charge in [0.2, 0.25) is 5.91 Å². The van der Waals surface area contributed by atoms with Crippen LogP contribution in [0.4, 0.5) is 0 Å². The Morgan fingerprint density at radius 2 is 2.36 bits per heavy atom. The third-order valence-electron chi connectivity index (χ3n) is 1.86. The maximum absolute atomic E-state index is 10.5. The molecule has 0 unspecified atom stereocenters. The highest BCUT2D eigenvalue weighted by Crippen LogP contribution is 2.43. The summed E-state index contributed by atoms with van der Waals surface area (Å²) < 4.78 is 0. The van der Waals surface area contributed by atoms with E-state index in [1.807, 2.05) is 0 Å². The van der Waals surface area contributed by atoms with Crippen LogP contribution in [0.5, 0.6) is 0 Å². The molecule has 4 heteroatoms. The highest BCUT2D eigenvalue weighted by molar-refractivity contribution is 5.76. The van der Waals surface area contributed by atoms with E-state index in [1.165, 1.54) is 0 Å². The largest absolute Gasteiger partial charge is 0.387 e. The normalized spacial score (nSPS) is 18.5. The molecule has 0 aromatic rings. The summed E-state index contributed by atoms with van der Waals surface area (Å²) in [4.78, 5) is 10.5. The first-order chi connectivity index (χ1) is 5.22. The number of aliphatic hydroxyl groups excluding tert-OH is 1. The van der Waals surface area contributed by atoms with E-state index < -0.39 is 12.5 Å². The highest BCUT2D eigenvalue weighted by Gasteiger charge is 2.43. The Balaban J connectivity index is 2.23. The van der Waals surface area contributed by atoms with Crippen molar-refractivity contribution in [1.29, 1.82) is 5.26 Å². The van der Waals surface area contributed by atoms with E-state index in [0.29, 0.717) is 6.54 Å². The topological polar surface area (TPSA) is 73.1 Å². The average Bonchev–Trinajstić information content (AvgIpc) is 2.81. The molecule has 0 heterocycles. The average molecular weight is 154 g/mol. The minimum atomic E-state index is -0.499. The van der Waals surface area contributed by atoms with Gasteiger partial charge in [-0.25, -0.2) is 0 Å². The van der Waals surface area contributed by atoms with Gasteiger partial charge in [0.05, 0.1) is 11.5 Å². The van der Waals surface area contributed by atoms with Gasteiger partial charge < -0.3 is 10.4 Å². The summed E-state index contributed by atoms with van der Waals surface area (Å²) in [6.45, 7) is -0.121. The Morgan fingerprint density at radius 1 is 1.73 bits per heavy atom. The van der Waals surface area contributed by atoms with Gasteiger partial charge in [-0.3, -0.25) is 4.79 Å². The van der Waals surface area contributed by atoms with Crippen molar-refractivity contribution in [2.24, 2.45) is 5.41 Å². The first kappa shape index (κ1) is 8.02. The fourth-order valence-corrected chi connectivity index (χ4v) is 0.803. The number of nitrogens with zero attached hydrogens (tertiary/aromatic N) is 1. The SMILES string of the molecule is N#CC1(CNC(=O)CO)CC1. The van der Waals surface area contributed by atoms with Crippen molar-refractivity contribution in [3.63, 3.8) is 0 Å². The molecular formula is C7H10N2O2. The molecule has 1 aliphatic carbocycles. The van der Waals surface area contributed by atoms with Crippen LogP contribution < -0.4 is 5.32 Å². The number of nitrogens with one attached hydrogen (secondary N) is 1. The van der Waals surface area contributed by atoms with Gasteiger partial charge in [-0.05, 0) is 12.8 Å². The number of carbonyl (C=O) groups is 1. The molecule has 0 saturated heterocycles. The lowest BCUT2D eigenvalue weighted by Gasteiger charge is -2.05. The van der Waals surface area contributed by atoms with Crippen molar-refractivity contribution >= 4 is 5.91 Å². The molecule has 2 N–H and O–H groups in total. The molecule has 1 aliphatic rings. The molecular weight excluding hydrogens is 144 g/mol. The fraction of sp³-hybridized carbons (Fsp3) is 0.714. The number of hydrogen-bond donors (Lipinski definition) is 2. The van der Waals surface area contributed by atoms with Crippen LogP contribution in [0.3, 0.4) is 0 Å². The molecule has 0 spiro atoms. The lowest BCUT2D eigenvalue weighted by molar-refractivity contribution is -0.123. The Hall–Kier alpha value is -1.08. The summed E-state index contributed by atoms with van der Waals surface area (Å²) in [6.07, 6.45) is 1.71. The summed E-state index contributed by atoms with van der Waals surface area (Å²) in [5.74, 6) is -0.411. The van der Waals surface area contributed by atoms with Gasteiger partial charge in [0.15, 0.2) is 0 Å². The van der Waals surface area contributed by atoms with Crippen LogP contribution in [-0.2, 0) is 4.79 Å². The van der Waals surface area contributed by atoms with E-state index in [9.17, 15) is 4.79 Å². The lowest BCUT2D eigenvalue weighted by atomic mass is 10.1. The van der Waals surface area contributed by atoms with Crippen molar-refractivity contribution in [3.05, 3.63) is 0 Å². The van der Waals surface area contributed by atoms with E-state index in [1.54, 1.807) is 0 Å². The smallest absolute Gasteiger partial charge is 0.245 e. The number of hydrogen-bond acceptors (Lipinski definition) is 3. The first-order valence-corrected chi connectivity index (χ1v) is 3.51. The lowest BCUT2D eigenvalue weighted by Crippen LogP contribution is -2.31. The molecule has 1 fully saturated rings. The molecule has 0 atom stereocenters. The predicted molar refractivity (Wildman–Crippen MR) is 37.4 cm³/mol. The second-order valence-corrected chi connectivity index (χ2v) is 2.83. The zero-order valence-electron chi connectivity index (χ0n) is 6.13. The minimum Gasteiger partial charge on any atom is -0.387 e. The molecule has 0 bridgehead atoms. The van der Waals surface area contributed by atoms with Crippen LogP contribution in [0.1, 0.15) is 12.8 Å². The number of nitriles is 1. The van der Waals surface area contributed by atoms with Crippen LogP contribution in [0.15, 0.2) is 0 Å². The van der Waals surface area contributed by atoms with Crippen molar-refractivity contribution < 1.29 is 9.90 Å². The molecule has 4 nitrogen and oxygen atoms in total. The zero-order valence-corrected chi connectivity index (χ0v) is 6.13. The van der Waals surface area contributed by atoms with Gasteiger partial charge in [0.25, 0.3) is 0 Å². The Morgan fingerprint density at radius 3 is 2.73 bits per heavy atom. The Bertz CT molecular complexity index is 203. The number of carbonyl (C=O) groups excluding carboxylic acids is 1. The summed E-state index contributed by atoms with van der Waals surface area (Å²) in [5.41, 5.74) is -0.315. The highest BCUT2D eigenvalue weighted by atomic mass is 16.3. The van der Waals surface area contributed by atoms with E-state index >= 15 is 0 Å². The number of amides is 1. The van der Waals surface area contributed by atoms with E-state index in [4.69, 9.17) is 10.4 Å². The third kappa shape index (κ3) is 1.92. The molecule has 1 saturated carbocycles. The quantitative estimate of drug-likeness (QED) is 0.570. The summed E-state index contributed by atoms with van der Waals surface area (Å²) in [5, 5.41) is 19.4. The van der Waals surface area contributed by atoms with Gasteiger partial charge in [0.1, 0.15) is 6.61 Å². The van der Waals surface area contributed by atoms with Crippen molar-refractivity contribution in [1.82, 2.24) is 5.32 Å². The zero-order chi connectivity index (χ0) is 8.32. The molecule has 1 amide bonds. The molecule has 0 aromatic carbocycles. The number of rotatable bonds is 3. The van der Waals surface area contributed by atoms with Crippen LogP contribution >= 0.6 is 0 Å². The van der Waals surface area contributed by atoms with E-state index in [2.05, 4.69) is 11.4 Å². The molecule has 1 rings (SSSR count). The third-order valence-corrected chi connectivity index (χ3v) is 1.86. The molecule has 11 heavy (non-hydrogen) atoms. The summed E-state index contributed by atoms with van der Waals surface area (Å²) in [6, 6.07) is 2.14. The molecule has 0 radical (unpaired) electrons. The second kappa shape index (κ2) is 2.89. The van der Waals surface area contributed by atoms with Crippen LogP contribution in [-0.4, -0.2) is 24.2 Å². The molecule has 0 aromatic heterocycles. The van der Waals surface area contributed by atoms with E-state index in [-0.39, 0.29) is 5.41 Å². The Kier molecular flexibility index (Phi) is 2.11. The van der Waals surface area contributed by atoms with Gasteiger partial charge >= 0.3 is 0 Å². The fourth-order valence-electron chi connectivity index (χ4n) is 0.803. The van der Waals surface area contributed by atoms with Gasteiger partial charge in [-0.2, -0.15) is 5.26 Å². The maximum Gasteiger partial charge on any atom is 0.245 e.